The number of anilines is 2. The Bertz CT molecular complexity index is 1220. The summed E-state index contributed by atoms with van der Waals surface area (Å²) in [4.78, 5) is 20.5. The fourth-order valence-corrected chi connectivity index (χ4v) is 2.90. The smallest absolute Gasteiger partial charge is 0.342 e. The summed E-state index contributed by atoms with van der Waals surface area (Å²) in [6, 6.07) is 11.5. The van der Waals surface area contributed by atoms with Gasteiger partial charge >= 0.3 is 5.97 Å². The minimum absolute atomic E-state index is 0.0477. The standard InChI is InChI=1S/C19H14N6O3/c1-11-15(19(26)27-2)13(8-20)18(28-11)24-16-14-9-23-25(17(14)22-10-21-16)12-6-4-3-5-7-12/h3-7,9-10H,1-2H3,(H,21,22,24). The molecule has 0 saturated carbocycles. The molecule has 3 aromatic heterocycles. The topological polar surface area (TPSA) is 119 Å². The zero-order chi connectivity index (χ0) is 19.7. The average molecular weight is 374 g/mol. The Balaban J connectivity index is 1.79. The van der Waals surface area contributed by atoms with Crippen molar-refractivity contribution in [1.82, 2.24) is 19.7 Å². The number of nitrogens with one attached hydrogen (secondary N) is 1. The van der Waals surface area contributed by atoms with Gasteiger partial charge in [-0.05, 0) is 19.1 Å². The molecular formula is C19H14N6O3. The molecule has 0 aliphatic rings. The molecule has 1 aromatic carbocycles. The van der Waals surface area contributed by atoms with E-state index in [0.29, 0.717) is 16.9 Å². The molecule has 4 aromatic rings. The zero-order valence-corrected chi connectivity index (χ0v) is 15.0. The van der Waals surface area contributed by atoms with E-state index in [9.17, 15) is 10.1 Å². The van der Waals surface area contributed by atoms with Gasteiger partial charge in [-0.2, -0.15) is 10.4 Å². The van der Waals surface area contributed by atoms with Crippen molar-refractivity contribution >= 4 is 28.7 Å². The Morgan fingerprint density at radius 3 is 2.79 bits per heavy atom. The van der Waals surface area contributed by atoms with Crippen molar-refractivity contribution in [2.45, 2.75) is 6.92 Å². The van der Waals surface area contributed by atoms with E-state index in [4.69, 9.17) is 9.15 Å². The number of rotatable bonds is 4. The molecule has 1 N–H and O–H groups in total. The summed E-state index contributed by atoms with van der Waals surface area (Å²) in [5.41, 5.74) is 1.56. The molecule has 0 unspecified atom stereocenters. The molecule has 0 aliphatic carbocycles. The first-order chi connectivity index (χ1) is 13.6. The second-order valence-electron chi connectivity index (χ2n) is 5.82. The number of ether oxygens (including phenoxy) is 1. The Morgan fingerprint density at radius 1 is 1.29 bits per heavy atom. The van der Waals surface area contributed by atoms with Crippen molar-refractivity contribution in [2.24, 2.45) is 0 Å². The normalized spacial score (nSPS) is 10.6. The molecule has 0 bridgehead atoms. The lowest BCUT2D eigenvalue weighted by Crippen LogP contribution is -2.04. The molecule has 9 heteroatoms. The number of hydrogen-bond acceptors (Lipinski definition) is 8. The largest absolute Gasteiger partial charge is 0.465 e. The van der Waals surface area contributed by atoms with Gasteiger partial charge in [0.15, 0.2) is 5.65 Å². The summed E-state index contributed by atoms with van der Waals surface area (Å²) in [7, 11) is 1.25. The first-order valence-electron chi connectivity index (χ1n) is 8.27. The number of nitrogens with zero attached hydrogens (tertiary/aromatic N) is 5. The lowest BCUT2D eigenvalue weighted by molar-refractivity contribution is 0.0598. The van der Waals surface area contributed by atoms with Crippen LogP contribution in [0.3, 0.4) is 0 Å². The summed E-state index contributed by atoms with van der Waals surface area (Å²) in [6.45, 7) is 1.58. The third-order valence-electron chi connectivity index (χ3n) is 4.18. The first kappa shape index (κ1) is 17.2. The highest BCUT2D eigenvalue weighted by Gasteiger charge is 2.25. The SMILES string of the molecule is COC(=O)c1c(C)oc(Nc2ncnc3c2cnn3-c2ccccc2)c1C#N. The molecule has 138 valence electrons. The third kappa shape index (κ3) is 2.73. The van der Waals surface area contributed by atoms with E-state index >= 15 is 0 Å². The van der Waals surface area contributed by atoms with Crippen LogP contribution >= 0.6 is 0 Å². The molecule has 3 heterocycles. The number of furan rings is 1. The first-order valence-corrected chi connectivity index (χ1v) is 8.27. The zero-order valence-electron chi connectivity index (χ0n) is 15.0. The van der Waals surface area contributed by atoms with Crippen LogP contribution in [0.25, 0.3) is 16.7 Å². The van der Waals surface area contributed by atoms with Crippen LogP contribution in [0.4, 0.5) is 11.7 Å². The van der Waals surface area contributed by atoms with Crippen LogP contribution in [-0.2, 0) is 4.74 Å². The van der Waals surface area contributed by atoms with Crippen molar-refractivity contribution < 1.29 is 13.9 Å². The predicted octanol–water partition coefficient (Wildman–Crippen LogP) is 3.12. The number of carbonyl (C=O) groups excluding carboxylic acids is 1. The van der Waals surface area contributed by atoms with E-state index in [0.717, 1.165) is 5.69 Å². The number of para-hydroxylation sites is 1. The van der Waals surface area contributed by atoms with Gasteiger partial charge in [-0.1, -0.05) is 18.2 Å². The Labute approximate surface area is 159 Å². The molecule has 9 nitrogen and oxygen atoms in total. The second-order valence-corrected chi connectivity index (χ2v) is 5.82. The van der Waals surface area contributed by atoms with E-state index in [-0.39, 0.29) is 22.8 Å². The van der Waals surface area contributed by atoms with E-state index in [1.165, 1.54) is 13.4 Å². The molecule has 0 radical (unpaired) electrons. The van der Waals surface area contributed by atoms with Crippen LogP contribution in [0, 0.1) is 18.3 Å². The minimum atomic E-state index is -0.643. The van der Waals surface area contributed by atoms with Gasteiger partial charge in [0.2, 0.25) is 5.88 Å². The van der Waals surface area contributed by atoms with Crippen LogP contribution in [0.2, 0.25) is 0 Å². The van der Waals surface area contributed by atoms with E-state index in [1.54, 1.807) is 17.8 Å². The quantitative estimate of drug-likeness (QED) is 0.541. The number of hydrogen-bond donors (Lipinski definition) is 1. The molecule has 28 heavy (non-hydrogen) atoms. The highest BCUT2D eigenvalue weighted by Crippen LogP contribution is 2.31. The summed E-state index contributed by atoms with van der Waals surface area (Å²) in [6.07, 6.45) is 3.00. The Morgan fingerprint density at radius 2 is 2.07 bits per heavy atom. The Hall–Kier alpha value is -4.19. The maximum absolute atomic E-state index is 12.0. The van der Waals surface area contributed by atoms with Crippen molar-refractivity contribution in [3.8, 4) is 11.8 Å². The average Bonchev–Trinajstić information content (AvgIpc) is 3.29. The number of nitriles is 1. The molecule has 0 spiro atoms. The monoisotopic (exact) mass is 374 g/mol. The number of aryl methyl sites for hydroxylation is 1. The summed E-state index contributed by atoms with van der Waals surface area (Å²) >= 11 is 0. The fourth-order valence-electron chi connectivity index (χ4n) is 2.90. The van der Waals surface area contributed by atoms with Gasteiger partial charge in [-0.25, -0.2) is 19.4 Å². The maximum atomic E-state index is 12.0. The van der Waals surface area contributed by atoms with Crippen LogP contribution in [0.5, 0.6) is 0 Å². The van der Waals surface area contributed by atoms with Crippen LogP contribution in [0.1, 0.15) is 21.7 Å². The van der Waals surface area contributed by atoms with Crippen molar-refractivity contribution in [3.63, 3.8) is 0 Å². The van der Waals surface area contributed by atoms with Crippen molar-refractivity contribution in [3.05, 3.63) is 59.7 Å². The molecule has 0 atom stereocenters. The summed E-state index contributed by atoms with van der Waals surface area (Å²) in [5, 5.41) is 17.5. The fraction of sp³-hybridized carbons (Fsp3) is 0.105. The molecule has 0 saturated heterocycles. The summed E-state index contributed by atoms with van der Waals surface area (Å²) < 4.78 is 12.0. The predicted molar refractivity (Wildman–Crippen MR) is 99.4 cm³/mol. The van der Waals surface area contributed by atoms with E-state index in [2.05, 4.69) is 20.4 Å². The third-order valence-corrected chi connectivity index (χ3v) is 4.18. The summed E-state index contributed by atoms with van der Waals surface area (Å²) in [5.74, 6) is 0.133. The van der Waals surface area contributed by atoms with Gasteiger partial charge in [0.1, 0.15) is 35.1 Å². The van der Waals surface area contributed by atoms with Crippen molar-refractivity contribution in [1.29, 1.82) is 5.26 Å². The van der Waals surface area contributed by atoms with E-state index < -0.39 is 5.97 Å². The lowest BCUT2D eigenvalue weighted by Gasteiger charge is -2.05. The highest BCUT2D eigenvalue weighted by molar-refractivity contribution is 5.96. The lowest BCUT2D eigenvalue weighted by atomic mass is 10.1. The van der Waals surface area contributed by atoms with Gasteiger partial charge in [-0.15, -0.1) is 0 Å². The molecule has 4 rings (SSSR count). The minimum Gasteiger partial charge on any atom is -0.465 e. The maximum Gasteiger partial charge on any atom is 0.342 e. The van der Waals surface area contributed by atoms with Gasteiger partial charge < -0.3 is 14.5 Å². The van der Waals surface area contributed by atoms with Crippen molar-refractivity contribution in [2.75, 3.05) is 12.4 Å². The number of methoxy groups -OCH3 is 1. The number of aromatic nitrogens is 4. The number of benzene rings is 1. The molecule has 0 aliphatic heterocycles. The molecular weight excluding hydrogens is 360 g/mol. The molecule has 0 amide bonds. The Kier molecular flexibility index (Phi) is 4.21. The van der Waals surface area contributed by atoms with Gasteiger partial charge in [0, 0.05) is 0 Å². The number of esters is 1. The van der Waals surface area contributed by atoms with E-state index in [1.807, 2.05) is 36.4 Å². The van der Waals surface area contributed by atoms with Crippen LogP contribution in [-0.4, -0.2) is 32.8 Å². The van der Waals surface area contributed by atoms with Gasteiger partial charge in [0.25, 0.3) is 0 Å². The van der Waals surface area contributed by atoms with Crippen LogP contribution < -0.4 is 5.32 Å². The van der Waals surface area contributed by atoms with Gasteiger partial charge in [-0.3, -0.25) is 0 Å². The molecule has 0 fully saturated rings. The van der Waals surface area contributed by atoms with Crippen LogP contribution in [0.15, 0.2) is 47.3 Å². The highest BCUT2D eigenvalue weighted by atomic mass is 16.5. The number of carbonyl (C=O) groups is 1. The number of fused-ring (bicyclic) bond motifs is 1. The second kappa shape index (κ2) is 6.85. The van der Waals surface area contributed by atoms with Gasteiger partial charge in [0.05, 0.1) is 24.4 Å².